The Hall–Kier alpha value is -2.37. The zero-order chi connectivity index (χ0) is 16.8. The van der Waals surface area contributed by atoms with Crippen molar-refractivity contribution in [3.8, 4) is 0 Å². The second-order valence-electron chi connectivity index (χ2n) is 4.93. The number of hydrogen-bond donors (Lipinski definition) is 1. The van der Waals surface area contributed by atoms with Crippen molar-refractivity contribution in [1.82, 2.24) is 9.97 Å². The first-order chi connectivity index (χ1) is 11.7. The molecule has 0 radical (unpaired) electrons. The van der Waals surface area contributed by atoms with Crippen LogP contribution < -0.4 is 5.32 Å². The smallest absolute Gasteiger partial charge is 0.258 e. The summed E-state index contributed by atoms with van der Waals surface area (Å²) in [6, 6.07) is 14.5. The molecule has 0 aliphatic rings. The van der Waals surface area contributed by atoms with Crippen LogP contribution in [-0.4, -0.2) is 15.9 Å². The van der Waals surface area contributed by atoms with Crippen LogP contribution >= 0.6 is 23.4 Å². The minimum Gasteiger partial charge on any atom is -0.321 e. The lowest BCUT2D eigenvalue weighted by molar-refractivity contribution is 0.102. The van der Waals surface area contributed by atoms with Crippen LogP contribution in [0.5, 0.6) is 0 Å². The highest BCUT2D eigenvalue weighted by atomic mass is 35.5. The molecule has 4 nitrogen and oxygen atoms in total. The van der Waals surface area contributed by atoms with Gasteiger partial charge in [-0.1, -0.05) is 23.7 Å². The minimum atomic E-state index is -0.228. The number of benzene rings is 1. The summed E-state index contributed by atoms with van der Waals surface area (Å²) in [5.41, 5.74) is 2.23. The predicted molar refractivity (Wildman–Crippen MR) is 97.4 cm³/mol. The number of halogens is 1. The van der Waals surface area contributed by atoms with Gasteiger partial charge in [0.1, 0.15) is 5.03 Å². The van der Waals surface area contributed by atoms with E-state index < -0.39 is 0 Å². The Balaban J connectivity index is 1.76. The summed E-state index contributed by atoms with van der Waals surface area (Å²) >= 11 is 7.61. The van der Waals surface area contributed by atoms with Gasteiger partial charge in [-0.25, -0.2) is 4.98 Å². The monoisotopic (exact) mass is 355 g/mol. The van der Waals surface area contributed by atoms with E-state index in [9.17, 15) is 4.79 Å². The summed E-state index contributed by atoms with van der Waals surface area (Å²) in [4.78, 5) is 20.9. The maximum absolute atomic E-state index is 12.6. The first kappa shape index (κ1) is 16.5. The third-order valence-corrected chi connectivity index (χ3v) is 4.67. The van der Waals surface area contributed by atoms with Crippen LogP contribution in [0.2, 0.25) is 5.02 Å². The molecule has 0 bridgehead atoms. The Kier molecular flexibility index (Phi) is 5.46. The maximum atomic E-state index is 12.6. The Morgan fingerprint density at radius 2 is 1.83 bits per heavy atom. The fourth-order valence-corrected chi connectivity index (χ4v) is 3.19. The molecule has 0 fully saturated rings. The highest BCUT2D eigenvalue weighted by molar-refractivity contribution is 7.98. The van der Waals surface area contributed by atoms with E-state index in [4.69, 9.17) is 11.6 Å². The van der Waals surface area contributed by atoms with E-state index in [0.717, 1.165) is 5.56 Å². The zero-order valence-corrected chi connectivity index (χ0v) is 14.2. The lowest BCUT2D eigenvalue weighted by atomic mass is 10.2. The Labute approximate surface area is 149 Å². The molecule has 0 aliphatic carbocycles. The molecule has 1 N–H and O–H groups in total. The molecule has 0 aliphatic heterocycles. The lowest BCUT2D eigenvalue weighted by Gasteiger charge is -2.10. The number of hydrogen-bond acceptors (Lipinski definition) is 4. The van der Waals surface area contributed by atoms with E-state index in [1.807, 2.05) is 24.3 Å². The number of rotatable bonds is 5. The number of pyridine rings is 2. The minimum absolute atomic E-state index is 0.228. The van der Waals surface area contributed by atoms with Crippen molar-refractivity contribution in [3.05, 3.63) is 83.3 Å². The van der Waals surface area contributed by atoms with Gasteiger partial charge in [0.2, 0.25) is 0 Å². The van der Waals surface area contributed by atoms with Crippen molar-refractivity contribution in [1.29, 1.82) is 0 Å². The largest absolute Gasteiger partial charge is 0.321 e. The van der Waals surface area contributed by atoms with Crippen molar-refractivity contribution in [2.24, 2.45) is 0 Å². The molecule has 0 atom stereocenters. The van der Waals surface area contributed by atoms with Crippen LogP contribution in [0.25, 0.3) is 0 Å². The van der Waals surface area contributed by atoms with Gasteiger partial charge in [0.05, 0.1) is 16.3 Å². The van der Waals surface area contributed by atoms with Gasteiger partial charge in [0.15, 0.2) is 0 Å². The summed E-state index contributed by atoms with van der Waals surface area (Å²) in [6.45, 7) is 0. The number of nitrogens with zero attached hydrogens (tertiary/aromatic N) is 2. The number of amides is 1. The highest BCUT2D eigenvalue weighted by Crippen LogP contribution is 2.26. The summed E-state index contributed by atoms with van der Waals surface area (Å²) < 4.78 is 0. The van der Waals surface area contributed by atoms with Gasteiger partial charge < -0.3 is 5.32 Å². The summed E-state index contributed by atoms with van der Waals surface area (Å²) in [7, 11) is 0. The average Bonchev–Trinajstić information content (AvgIpc) is 2.63. The molecule has 120 valence electrons. The SMILES string of the molecule is O=C(Nc1ccccc1Cl)c1cccnc1SCc1ccncc1. The molecule has 24 heavy (non-hydrogen) atoms. The number of nitrogens with one attached hydrogen (secondary N) is 1. The molecule has 1 amide bonds. The second-order valence-corrected chi connectivity index (χ2v) is 6.31. The number of thioether (sulfide) groups is 1. The quantitative estimate of drug-likeness (QED) is 0.675. The van der Waals surface area contributed by atoms with Crippen molar-refractivity contribution in [2.45, 2.75) is 10.8 Å². The van der Waals surface area contributed by atoms with E-state index in [1.54, 1.807) is 42.9 Å². The number of carbonyl (C=O) groups excluding carboxylic acids is 1. The van der Waals surface area contributed by atoms with E-state index in [2.05, 4.69) is 15.3 Å². The normalized spacial score (nSPS) is 10.4. The maximum Gasteiger partial charge on any atom is 0.258 e. The fraction of sp³-hybridized carbons (Fsp3) is 0.0556. The molecule has 3 rings (SSSR count). The molecule has 0 unspecified atom stereocenters. The first-order valence-corrected chi connectivity index (χ1v) is 8.63. The van der Waals surface area contributed by atoms with E-state index >= 15 is 0 Å². The summed E-state index contributed by atoms with van der Waals surface area (Å²) in [6.07, 6.45) is 5.18. The van der Waals surface area contributed by atoms with Gasteiger partial charge in [-0.05, 0) is 42.0 Å². The number of anilines is 1. The Bertz CT molecular complexity index is 842. The van der Waals surface area contributed by atoms with Crippen LogP contribution in [0, 0.1) is 0 Å². The number of aromatic nitrogens is 2. The van der Waals surface area contributed by atoms with Crippen LogP contribution in [0.4, 0.5) is 5.69 Å². The standard InChI is InChI=1S/C18H14ClN3OS/c19-15-5-1-2-6-16(15)22-17(23)14-4-3-9-21-18(14)24-12-13-7-10-20-11-8-13/h1-11H,12H2,(H,22,23). The van der Waals surface area contributed by atoms with Crippen molar-refractivity contribution >= 4 is 35.0 Å². The van der Waals surface area contributed by atoms with E-state index in [1.165, 1.54) is 11.8 Å². The van der Waals surface area contributed by atoms with Crippen molar-refractivity contribution in [3.63, 3.8) is 0 Å². The average molecular weight is 356 g/mol. The predicted octanol–water partition coefficient (Wildman–Crippen LogP) is 4.67. The van der Waals surface area contributed by atoms with Gasteiger partial charge in [-0.15, -0.1) is 11.8 Å². The van der Waals surface area contributed by atoms with Crippen LogP contribution in [0.1, 0.15) is 15.9 Å². The fourth-order valence-electron chi connectivity index (χ4n) is 2.06. The molecule has 0 spiro atoms. The van der Waals surface area contributed by atoms with E-state index in [0.29, 0.717) is 27.1 Å². The van der Waals surface area contributed by atoms with E-state index in [-0.39, 0.29) is 5.91 Å². The van der Waals surface area contributed by atoms with Gasteiger partial charge >= 0.3 is 0 Å². The molecule has 0 saturated heterocycles. The van der Waals surface area contributed by atoms with Gasteiger partial charge in [-0.2, -0.15) is 0 Å². The highest BCUT2D eigenvalue weighted by Gasteiger charge is 2.14. The van der Waals surface area contributed by atoms with Gasteiger partial charge in [-0.3, -0.25) is 9.78 Å². The molecular weight excluding hydrogens is 342 g/mol. The van der Waals surface area contributed by atoms with Crippen LogP contribution in [0.15, 0.2) is 72.1 Å². The summed E-state index contributed by atoms with van der Waals surface area (Å²) in [5, 5.41) is 4.01. The molecule has 0 saturated carbocycles. The molecule has 6 heteroatoms. The molecule has 3 aromatic rings. The summed E-state index contributed by atoms with van der Waals surface area (Å²) in [5.74, 6) is 0.486. The topological polar surface area (TPSA) is 54.9 Å². The first-order valence-electron chi connectivity index (χ1n) is 7.26. The molecule has 1 aromatic carbocycles. The second kappa shape index (κ2) is 7.95. The number of carbonyl (C=O) groups is 1. The molecule has 2 heterocycles. The Morgan fingerprint density at radius 3 is 2.62 bits per heavy atom. The molecular formula is C18H14ClN3OS. The third-order valence-electron chi connectivity index (χ3n) is 3.26. The number of para-hydroxylation sites is 1. The van der Waals surface area contributed by atoms with Gasteiger partial charge in [0, 0.05) is 24.3 Å². The lowest BCUT2D eigenvalue weighted by Crippen LogP contribution is -2.13. The van der Waals surface area contributed by atoms with Crippen molar-refractivity contribution in [2.75, 3.05) is 5.32 Å². The van der Waals surface area contributed by atoms with Crippen molar-refractivity contribution < 1.29 is 4.79 Å². The van der Waals surface area contributed by atoms with Crippen LogP contribution in [0.3, 0.4) is 0 Å². The zero-order valence-electron chi connectivity index (χ0n) is 12.6. The van der Waals surface area contributed by atoms with Gasteiger partial charge in [0.25, 0.3) is 5.91 Å². The molecule has 2 aromatic heterocycles. The Morgan fingerprint density at radius 1 is 1.04 bits per heavy atom. The third kappa shape index (κ3) is 4.13. The van der Waals surface area contributed by atoms with Crippen LogP contribution in [-0.2, 0) is 5.75 Å².